The summed E-state index contributed by atoms with van der Waals surface area (Å²) < 4.78 is 19.8. The number of hydrogen-bond acceptors (Lipinski definition) is 4. The molecule has 2 aliphatic rings. The van der Waals surface area contributed by atoms with Crippen LogP contribution in [0.15, 0.2) is 84.9 Å². The maximum Gasteiger partial charge on any atom is 0.494 e. The molecule has 1 aliphatic heterocycles. The van der Waals surface area contributed by atoms with E-state index in [1.807, 2.05) is 27.7 Å². The predicted octanol–water partition coefficient (Wildman–Crippen LogP) is 12.5. The minimum atomic E-state index is -0.960. The Morgan fingerprint density at radius 1 is 0.569 bits per heavy atom. The summed E-state index contributed by atoms with van der Waals surface area (Å²) in [5, 5.41) is 10.8. The number of aryl methyl sites for hydroxylation is 2. The van der Waals surface area contributed by atoms with Crippen molar-refractivity contribution in [2.45, 2.75) is 181 Å². The number of aliphatic hydroxyl groups is 1. The lowest BCUT2D eigenvalue weighted by Crippen LogP contribution is -2.47. The molecule has 1 saturated heterocycles. The van der Waals surface area contributed by atoms with Gasteiger partial charge >= 0.3 is 7.12 Å². The zero-order valence-electron chi connectivity index (χ0n) is 37.7. The summed E-state index contributed by atoms with van der Waals surface area (Å²) in [6.45, 7) is 21.2. The fourth-order valence-corrected chi connectivity index (χ4v) is 8.84. The van der Waals surface area contributed by atoms with E-state index >= 15 is 0 Å². The van der Waals surface area contributed by atoms with Crippen LogP contribution in [0.25, 0.3) is 11.1 Å². The maximum absolute atomic E-state index is 10.8. The smallest absolute Gasteiger partial charge is 0.399 e. The molecule has 58 heavy (non-hydrogen) atoms. The normalized spacial score (nSPS) is 18.4. The van der Waals surface area contributed by atoms with Crippen LogP contribution in [0.4, 0.5) is 0 Å². The highest BCUT2D eigenvalue weighted by Gasteiger charge is 2.53. The van der Waals surface area contributed by atoms with Gasteiger partial charge in [-0.15, -0.1) is 0 Å². The third-order valence-corrected chi connectivity index (χ3v) is 13.9. The monoisotopic (exact) mass is 785 g/mol. The summed E-state index contributed by atoms with van der Waals surface area (Å²) in [5.74, 6) is 0. The Morgan fingerprint density at radius 3 is 1.60 bits per heavy atom. The molecular weight excluding hydrogens is 711 g/mol. The molecule has 4 nitrogen and oxygen atoms in total. The number of ether oxygens (including phenoxy) is 1. The van der Waals surface area contributed by atoms with E-state index in [9.17, 15) is 5.11 Å². The van der Waals surface area contributed by atoms with Crippen molar-refractivity contribution < 1.29 is 19.2 Å². The highest BCUT2D eigenvalue weighted by molar-refractivity contribution is 6.62. The van der Waals surface area contributed by atoms with Crippen LogP contribution >= 0.6 is 0 Å². The Labute approximate surface area is 352 Å². The van der Waals surface area contributed by atoms with Gasteiger partial charge in [0.25, 0.3) is 0 Å². The Bertz CT molecular complexity index is 1970. The van der Waals surface area contributed by atoms with Crippen molar-refractivity contribution in [1.29, 1.82) is 0 Å². The molecule has 6 rings (SSSR count). The second-order valence-electron chi connectivity index (χ2n) is 19.4. The SMILES string of the molecule is CCCCCCCCc1cccc(C2(c3cccc(CCCCCC)c3)c3cc(CCOC(C)(C)C(C)(C)O)ccc3-c3ccc(B4OC(C)(C)C(C)(C)O4)cc32)c1. The number of benzene rings is 4. The summed E-state index contributed by atoms with van der Waals surface area (Å²) in [5.41, 5.74) is 9.73. The van der Waals surface area contributed by atoms with Crippen molar-refractivity contribution in [3.63, 3.8) is 0 Å². The van der Waals surface area contributed by atoms with E-state index in [1.165, 1.54) is 114 Å². The Kier molecular flexibility index (Phi) is 13.9. The van der Waals surface area contributed by atoms with Crippen LogP contribution in [0.2, 0.25) is 0 Å². The average Bonchev–Trinajstić information content (AvgIpc) is 3.59. The second-order valence-corrected chi connectivity index (χ2v) is 19.4. The van der Waals surface area contributed by atoms with Crippen LogP contribution in [0, 0.1) is 0 Å². The van der Waals surface area contributed by atoms with Crippen LogP contribution in [-0.2, 0) is 38.7 Å². The van der Waals surface area contributed by atoms with Crippen LogP contribution in [0.5, 0.6) is 0 Å². The molecule has 1 fully saturated rings. The van der Waals surface area contributed by atoms with E-state index in [4.69, 9.17) is 14.0 Å². The van der Waals surface area contributed by atoms with Gasteiger partial charge in [-0.3, -0.25) is 0 Å². The zero-order valence-corrected chi connectivity index (χ0v) is 37.7. The first kappa shape index (κ1) is 44.3. The van der Waals surface area contributed by atoms with Gasteiger partial charge in [-0.05, 0) is 143 Å². The van der Waals surface area contributed by atoms with E-state index in [1.54, 1.807) is 0 Å². The number of unbranched alkanes of at least 4 members (excludes halogenated alkanes) is 8. The Hall–Kier alpha value is -3.22. The molecule has 312 valence electrons. The summed E-state index contributed by atoms with van der Waals surface area (Å²) >= 11 is 0. The van der Waals surface area contributed by atoms with Crippen LogP contribution in [-0.4, -0.2) is 41.2 Å². The fourth-order valence-electron chi connectivity index (χ4n) is 8.84. The third kappa shape index (κ3) is 9.24. The minimum absolute atomic E-state index is 0.440. The molecule has 1 N–H and O–H groups in total. The van der Waals surface area contributed by atoms with Crippen LogP contribution in [0.1, 0.15) is 172 Å². The maximum atomic E-state index is 10.8. The van der Waals surface area contributed by atoms with Crippen molar-refractivity contribution in [2.75, 3.05) is 6.61 Å². The lowest BCUT2D eigenvalue weighted by Gasteiger charge is -2.37. The fraction of sp³-hybridized carbons (Fsp3) is 0.547. The predicted molar refractivity (Wildman–Crippen MR) is 244 cm³/mol. The topological polar surface area (TPSA) is 47.9 Å². The van der Waals surface area contributed by atoms with Gasteiger partial charge in [0.15, 0.2) is 0 Å². The molecule has 1 heterocycles. The number of rotatable bonds is 20. The molecule has 4 aromatic carbocycles. The molecule has 0 radical (unpaired) electrons. The average molecular weight is 785 g/mol. The molecule has 1 atom stereocenters. The Morgan fingerprint density at radius 2 is 1.05 bits per heavy atom. The Balaban J connectivity index is 1.52. The van der Waals surface area contributed by atoms with E-state index in [0.717, 1.165) is 24.7 Å². The van der Waals surface area contributed by atoms with E-state index < -0.39 is 34.9 Å². The van der Waals surface area contributed by atoms with Crippen LogP contribution < -0.4 is 5.46 Å². The lowest BCUT2D eigenvalue weighted by atomic mass is 9.65. The molecule has 0 saturated carbocycles. The van der Waals surface area contributed by atoms with Crippen molar-refractivity contribution in [3.05, 3.63) is 124 Å². The molecule has 0 bridgehead atoms. The van der Waals surface area contributed by atoms with Gasteiger partial charge in [-0.25, -0.2) is 0 Å². The highest BCUT2D eigenvalue weighted by atomic mass is 16.7. The van der Waals surface area contributed by atoms with Gasteiger partial charge in [-0.1, -0.05) is 150 Å². The molecule has 1 unspecified atom stereocenters. The van der Waals surface area contributed by atoms with E-state index in [2.05, 4.69) is 126 Å². The van der Waals surface area contributed by atoms with Gasteiger partial charge in [0.05, 0.1) is 34.4 Å². The molecule has 0 aromatic heterocycles. The molecule has 0 spiro atoms. The van der Waals surface area contributed by atoms with Crippen molar-refractivity contribution in [3.8, 4) is 11.1 Å². The van der Waals surface area contributed by atoms with Gasteiger partial charge < -0.3 is 19.2 Å². The summed E-state index contributed by atoms with van der Waals surface area (Å²) in [4.78, 5) is 0. The van der Waals surface area contributed by atoms with Crippen LogP contribution in [0.3, 0.4) is 0 Å². The summed E-state index contributed by atoms with van der Waals surface area (Å²) in [6.07, 6.45) is 15.6. The van der Waals surface area contributed by atoms with Gasteiger partial charge in [0.2, 0.25) is 0 Å². The number of fused-ring (bicyclic) bond motifs is 3. The second kappa shape index (κ2) is 18.2. The third-order valence-electron chi connectivity index (χ3n) is 13.9. The number of hydrogen-bond donors (Lipinski definition) is 1. The standard InChI is InChI=1S/C53H73BO4/c1-11-13-15-17-18-20-24-40-26-22-28-43(36-40)53(42-27-21-25-39(35-42)23-19-16-14-12-2)47-37-41(33-34-56-50(5,6)49(3,4)55)29-31-45(47)46-32-30-44(38-48(46)53)54-57-51(7,8)52(9,10)58-54/h21-22,25-32,35-38,55H,11-20,23-24,33-34H2,1-10H3. The molecule has 4 aromatic rings. The first-order valence-electron chi connectivity index (χ1n) is 22.7. The molecule has 1 aliphatic carbocycles. The van der Waals surface area contributed by atoms with Gasteiger partial charge in [0.1, 0.15) is 0 Å². The van der Waals surface area contributed by atoms with Crippen molar-refractivity contribution >= 4 is 12.6 Å². The zero-order chi connectivity index (χ0) is 41.8. The largest absolute Gasteiger partial charge is 0.494 e. The highest BCUT2D eigenvalue weighted by Crippen LogP contribution is 2.56. The summed E-state index contributed by atoms with van der Waals surface area (Å²) in [6, 6.07) is 33.0. The molecule has 5 heteroatoms. The van der Waals surface area contributed by atoms with Crippen molar-refractivity contribution in [2.24, 2.45) is 0 Å². The quantitative estimate of drug-likeness (QED) is 0.0631. The van der Waals surface area contributed by atoms with Crippen molar-refractivity contribution in [1.82, 2.24) is 0 Å². The van der Waals surface area contributed by atoms with Gasteiger partial charge in [0, 0.05) is 0 Å². The summed E-state index contributed by atoms with van der Waals surface area (Å²) in [7, 11) is -0.465. The first-order valence-corrected chi connectivity index (χ1v) is 22.7. The minimum Gasteiger partial charge on any atom is -0.399 e. The first-order chi connectivity index (χ1) is 27.5. The lowest BCUT2D eigenvalue weighted by molar-refractivity contribution is -0.146. The van der Waals surface area contributed by atoms with E-state index in [-0.39, 0.29) is 0 Å². The van der Waals surface area contributed by atoms with Gasteiger partial charge in [-0.2, -0.15) is 0 Å². The van der Waals surface area contributed by atoms with E-state index in [0.29, 0.717) is 6.61 Å². The molecular formula is C53H73BO4. The molecule has 0 amide bonds.